The third kappa shape index (κ3) is 2.65. The summed E-state index contributed by atoms with van der Waals surface area (Å²) in [5, 5.41) is 4.26. The standard InChI is InChI=1S/C23H22FN3O/c24-19-9-5-10-20-21(19)23(11-3-4-12-23)16-27(20)22(28)18-8-2-1-7-17(18)15-26-14-6-13-25-26/h1-2,5-10,13-14H,3-4,11-12,15-16H2. The quantitative estimate of drug-likeness (QED) is 0.674. The zero-order valence-electron chi connectivity index (χ0n) is 15.6. The number of hydrogen-bond acceptors (Lipinski definition) is 2. The second-order valence-corrected chi connectivity index (χ2v) is 7.87. The summed E-state index contributed by atoms with van der Waals surface area (Å²) in [4.78, 5) is 15.4. The SMILES string of the molecule is O=C(c1ccccc1Cn1cccn1)N1CC2(CCCC2)c2c(F)cccc21. The molecule has 1 amide bonds. The molecule has 1 aliphatic carbocycles. The van der Waals surface area contributed by atoms with Gasteiger partial charge in [0.05, 0.1) is 12.2 Å². The Kier molecular flexibility index (Phi) is 4.04. The van der Waals surface area contributed by atoms with Gasteiger partial charge in [0, 0.05) is 35.5 Å². The number of rotatable bonds is 3. The lowest BCUT2D eigenvalue weighted by molar-refractivity contribution is 0.0984. The van der Waals surface area contributed by atoms with E-state index in [0.29, 0.717) is 18.7 Å². The van der Waals surface area contributed by atoms with E-state index in [-0.39, 0.29) is 17.1 Å². The van der Waals surface area contributed by atoms with Crippen LogP contribution in [0.15, 0.2) is 60.9 Å². The van der Waals surface area contributed by atoms with Gasteiger partial charge in [0.25, 0.3) is 5.91 Å². The monoisotopic (exact) mass is 375 g/mol. The van der Waals surface area contributed by atoms with Crippen molar-refractivity contribution in [3.8, 4) is 0 Å². The summed E-state index contributed by atoms with van der Waals surface area (Å²) < 4.78 is 16.6. The fraction of sp³-hybridized carbons (Fsp3) is 0.304. The van der Waals surface area contributed by atoms with Crippen molar-refractivity contribution >= 4 is 11.6 Å². The Morgan fingerprint density at radius 3 is 2.68 bits per heavy atom. The molecule has 0 bridgehead atoms. The van der Waals surface area contributed by atoms with Gasteiger partial charge in [-0.2, -0.15) is 5.10 Å². The van der Waals surface area contributed by atoms with Gasteiger partial charge >= 0.3 is 0 Å². The highest BCUT2D eigenvalue weighted by atomic mass is 19.1. The molecule has 0 saturated heterocycles. The summed E-state index contributed by atoms with van der Waals surface area (Å²) in [6.45, 7) is 1.10. The molecule has 3 aromatic rings. The Bertz CT molecular complexity index is 1020. The van der Waals surface area contributed by atoms with Crippen LogP contribution >= 0.6 is 0 Å². The van der Waals surface area contributed by atoms with Crippen molar-refractivity contribution in [2.75, 3.05) is 11.4 Å². The van der Waals surface area contributed by atoms with Crippen LogP contribution in [0.3, 0.4) is 0 Å². The van der Waals surface area contributed by atoms with Crippen LogP contribution in [0, 0.1) is 5.82 Å². The molecule has 0 N–H and O–H groups in total. The molecule has 5 heteroatoms. The van der Waals surface area contributed by atoms with Crippen molar-refractivity contribution < 1.29 is 9.18 Å². The molecule has 142 valence electrons. The van der Waals surface area contributed by atoms with Crippen LogP contribution in [0.1, 0.15) is 47.2 Å². The van der Waals surface area contributed by atoms with Crippen molar-refractivity contribution in [1.82, 2.24) is 9.78 Å². The first kappa shape index (κ1) is 17.2. The number of aromatic nitrogens is 2. The number of nitrogens with zero attached hydrogens (tertiary/aromatic N) is 3. The number of benzene rings is 2. The second-order valence-electron chi connectivity index (χ2n) is 7.87. The number of carbonyl (C=O) groups excluding carboxylic acids is 1. The van der Waals surface area contributed by atoms with Gasteiger partial charge in [-0.15, -0.1) is 0 Å². The Balaban J connectivity index is 1.55. The van der Waals surface area contributed by atoms with Gasteiger partial charge < -0.3 is 4.90 Å². The van der Waals surface area contributed by atoms with Crippen molar-refractivity contribution in [3.63, 3.8) is 0 Å². The predicted molar refractivity (Wildman–Crippen MR) is 106 cm³/mol. The van der Waals surface area contributed by atoms with E-state index in [2.05, 4.69) is 5.10 Å². The molecule has 2 heterocycles. The summed E-state index contributed by atoms with van der Waals surface area (Å²) in [5.74, 6) is -0.238. The van der Waals surface area contributed by atoms with Gasteiger partial charge in [0.15, 0.2) is 0 Å². The van der Waals surface area contributed by atoms with Crippen molar-refractivity contribution in [2.24, 2.45) is 0 Å². The number of halogens is 1. The van der Waals surface area contributed by atoms with Gasteiger partial charge in [0.1, 0.15) is 5.82 Å². The molecule has 5 rings (SSSR count). The zero-order chi connectivity index (χ0) is 19.1. The van der Waals surface area contributed by atoms with Crippen LogP contribution in [0.2, 0.25) is 0 Å². The van der Waals surface area contributed by atoms with Crippen LogP contribution in [0.4, 0.5) is 10.1 Å². The van der Waals surface area contributed by atoms with Gasteiger partial charge in [0.2, 0.25) is 0 Å². The Morgan fingerprint density at radius 2 is 1.89 bits per heavy atom. The molecule has 1 fully saturated rings. The minimum absolute atomic E-state index is 0.0571. The third-order valence-electron chi connectivity index (χ3n) is 6.22. The number of amides is 1. The lowest BCUT2D eigenvalue weighted by atomic mass is 9.80. The minimum atomic E-state index is -0.229. The molecule has 2 aromatic carbocycles. The van der Waals surface area contributed by atoms with Crippen LogP contribution in [0.25, 0.3) is 0 Å². The average molecular weight is 375 g/mol. The summed E-state index contributed by atoms with van der Waals surface area (Å²) in [6.07, 6.45) is 7.68. The summed E-state index contributed by atoms with van der Waals surface area (Å²) in [7, 11) is 0. The molecular weight excluding hydrogens is 353 g/mol. The first-order valence-corrected chi connectivity index (χ1v) is 9.84. The van der Waals surface area contributed by atoms with Crippen molar-refractivity contribution in [2.45, 2.75) is 37.6 Å². The van der Waals surface area contributed by atoms with Crippen molar-refractivity contribution in [1.29, 1.82) is 0 Å². The summed E-state index contributed by atoms with van der Waals surface area (Å²) >= 11 is 0. The lowest BCUT2D eigenvalue weighted by Crippen LogP contribution is -2.36. The number of carbonyl (C=O) groups is 1. The summed E-state index contributed by atoms with van der Waals surface area (Å²) in [5.41, 5.74) is 2.82. The molecule has 1 aliphatic heterocycles. The third-order valence-corrected chi connectivity index (χ3v) is 6.22. The highest BCUT2D eigenvalue weighted by molar-refractivity contribution is 6.08. The molecule has 0 radical (unpaired) electrons. The van der Waals surface area contributed by atoms with Gasteiger partial charge in [-0.25, -0.2) is 4.39 Å². The van der Waals surface area contributed by atoms with Crippen molar-refractivity contribution in [3.05, 3.63) is 83.4 Å². The highest BCUT2D eigenvalue weighted by Gasteiger charge is 2.48. The second kappa shape index (κ2) is 6.59. The normalized spacial score (nSPS) is 17.2. The van der Waals surface area contributed by atoms with E-state index in [0.717, 1.165) is 42.5 Å². The van der Waals surface area contributed by atoms with Crippen LogP contribution in [-0.2, 0) is 12.0 Å². The molecule has 0 unspecified atom stereocenters. The average Bonchev–Trinajstić information content (AvgIpc) is 3.44. The van der Waals surface area contributed by atoms with Crippen LogP contribution in [-0.4, -0.2) is 22.2 Å². The van der Waals surface area contributed by atoms with Gasteiger partial charge in [-0.1, -0.05) is 37.1 Å². The topological polar surface area (TPSA) is 38.1 Å². The highest BCUT2D eigenvalue weighted by Crippen LogP contribution is 2.51. The molecule has 0 atom stereocenters. The molecule has 2 aliphatic rings. The predicted octanol–water partition coefficient (Wildman–Crippen LogP) is 4.54. The van der Waals surface area contributed by atoms with E-state index in [1.165, 1.54) is 6.07 Å². The van der Waals surface area contributed by atoms with E-state index in [9.17, 15) is 9.18 Å². The van der Waals surface area contributed by atoms with E-state index in [1.54, 1.807) is 17.2 Å². The molecule has 4 nitrogen and oxygen atoms in total. The fourth-order valence-corrected chi connectivity index (χ4v) is 4.95. The molecule has 1 spiro atoms. The lowest BCUT2D eigenvalue weighted by Gasteiger charge is -2.25. The Labute approximate surface area is 163 Å². The molecule has 1 aromatic heterocycles. The van der Waals surface area contributed by atoms with E-state index < -0.39 is 0 Å². The van der Waals surface area contributed by atoms with Gasteiger partial charge in [-0.05, 0) is 42.7 Å². The van der Waals surface area contributed by atoms with Gasteiger partial charge in [-0.3, -0.25) is 9.48 Å². The van der Waals surface area contributed by atoms with E-state index in [4.69, 9.17) is 0 Å². The zero-order valence-corrected chi connectivity index (χ0v) is 15.6. The number of fused-ring (bicyclic) bond motifs is 2. The molecule has 28 heavy (non-hydrogen) atoms. The smallest absolute Gasteiger partial charge is 0.258 e. The van der Waals surface area contributed by atoms with E-state index >= 15 is 0 Å². The Hall–Kier alpha value is -2.95. The maximum atomic E-state index is 14.8. The number of anilines is 1. The minimum Gasteiger partial charge on any atom is -0.307 e. The number of hydrogen-bond donors (Lipinski definition) is 0. The first-order valence-electron chi connectivity index (χ1n) is 9.84. The first-order chi connectivity index (χ1) is 13.7. The fourth-order valence-electron chi connectivity index (χ4n) is 4.95. The van der Waals surface area contributed by atoms with Crippen LogP contribution in [0.5, 0.6) is 0 Å². The summed E-state index contributed by atoms with van der Waals surface area (Å²) in [6, 6.07) is 14.6. The molecule has 1 saturated carbocycles. The molecular formula is C23H22FN3O. The largest absolute Gasteiger partial charge is 0.307 e. The van der Waals surface area contributed by atoms with Crippen LogP contribution < -0.4 is 4.90 Å². The maximum absolute atomic E-state index is 14.8. The Morgan fingerprint density at radius 1 is 1.07 bits per heavy atom. The maximum Gasteiger partial charge on any atom is 0.258 e. The van der Waals surface area contributed by atoms with E-state index in [1.807, 2.05) is 47.3 Å².